The van der Waals surface area contributed by atoms with Crippen LogP contribution in [0.2, 0.25) is 0 Å². The lowest BCUT2D eigenvalue weighted by atomic mass is 10.2. The molecule has 0 bridgehead atoms. The Morgan fingerprint density at radius 3 is 2.32 bits per heavy atom. The summed E-state index contributed by atoms with van der Waals surface area (Å²) in [5.41, 5.74) is 1.07. The van der Waals surface area contributed by atoms with E-state index in [4.69, 9.17) is 0 Å². The Kier molecular flexibility index (Phi) is 6.57. The quantitative estimate of drug-likeness (QED) is 0.689. The number of aromatic nitrogens is 1. The van der Waals surface area contributed by atoms with Gasteiger partial charge in [0.2, 0.25) is 15.9 Å². The summed E-state index contributed by atoms with van der Waals surface area (Å²) in [6.45, 7) is 0.549. The van der Waals surface area contributed by atoms with Crippen molar-refractivity contribution < 1.29 is 13.2 Å². The SMILES string of the molecule is CN(Cc1ccccc1)C(=O)CSc1ccc(S(=O)(=O)N(C)C)cn1. The number of carbonyl (C=O) groups excluding carboxylic acids is 1. The fourth-order valence-corrected chi connectivity index (χ4v) is 3.64. The Morgan fingerprint density at radius 2 is 1.76 bits per heavy atom. The summed E-state index contributed by atoms with van der Waals surface area (Å²) in [5.74, 6) is 0.233. The van der Waals surface area contributed by atoms with Gasteiger partial charge in [0.1, 0.15) is 4.90 Å². The molecule has 6 nitrogen and oxygen atoms in total. The highest BCUT2D eigenvalue weighted by Crippen LogP contribution is 2.19. The lowest BCUT2D eigenvalue weighted by Gasteiger charge is -2.17. The van der Waals surface area contributed by atoms with E-state index in [0.717, 1.165) is 9.87 Å². The lowest BCUT2D eigenvalue weighted by Crippen LogP contribution is -2.27. The maximum atomic E-state index is 12.2. The van der Waals surface area contributed by atoms with Gasteiger partial charge in [0, 0.05) is 33.9 Å². The van der Waals surface area contributed by atoms with Gasteiger partial charge in [-0.05, 0) is 17.7 Å². The van der Waals surface area contributed by atoms with Crippen molar-refractivity contribution in [3.63, 3.8) is 0 Å². The Balaban J connectivity index is 1.91. The van der Waals surface area contributed by atoms with Gasteiger partial charge in [-0.1, -0.05) is 42.1 Å². The zero-order chi connectivity index (χ0) is 18.4. The van der Waals surface area contributed by atoms with Crippen LogP contribution in [0.4, 0.5) is 0 Å². The van der Waals surface area contributed by atoms with E-state index in [1.165, 1.54) is 38.1 Å². The molecule has 0 saturated heterocycles. The molecule has 25 heavy (non-hydrogen) atoms. The summed E-state index contributed by atoms with van der Waals surface area (Å²) in [5, 5.41) is 0.610. The van der Waals surface area contributed by atoms with Crippen molar-refractivity contribution in [1.82, 2.24) is 14.2 Å². The van der Waals surface area contributed by atoms with Crippen LogP contribution in [0.15, 0.2) is 58.6 Å². The zero-order valence-corrected chi connectivity index (χ0v) is 16.0. The van der Waals surface area contributed by atoms with E-state index in [1.54, 1.807) is 18.0 Å². The molecule has 1 aromatic heterocycles. The van der Waals surface area contributed by atoms with Crippen LogP contribution in [0.3, 0.4) is 0 Å². The second kappa shape index (κ2) is 8.46. The van der Waals surface area contributed by atoms with Gasteiger partial charge in [-0.15, -0.1) is 0 Å². The Labute approximate surface area is 152 Å². The number of carbonyl (C=O) groups is 1. The van der Waals surface area contributed by atoms with Crippen LogP contribution >= 0.6 is 11.8 Å². The number of thioether (sulfide) groups is 1. The van der Waals surface area contributed by atoms with E-state index in [-0.39, 0.29) is 16.6 Å². The van der Waals surface area contributed by atoms with E-state index < -0.39 is 10.0 Å². The minimum Gasteiger partial charge on any atom is -0.341 e. The molecule has 0 aliphatic carbocycles. The molecule has 0 atom stereocenters. The van der Waals surface area contributed by atoms with Crippen LogP contribution in [-0.4, -0.2) is 55.4 Å². The smallest absolute Gasteiger partial charge is 0.244 e. The number of sulfonamides is 1. The number of pyridine rings is 1. The van der Waals surface area contributed by atoms with Crippen LogP contribution in [0.1, 0.15) is 5.56 Å². The predicted octanol–water partition coefficient (Wildman–Crippen LogP) is 2.08. The molecule has 0 fully saturated rings. The first-order chi connectivity index (χ1) is 11.8. The molecule has 0 spiro atoms. The van der Waals surface area contributed by atoms with Gasteiger partial charge < -0.3 is 4.90 Å². The van der Waals surface area contributed by atoms with Gasteiger partial charge in [-0.25, -0.2) is 17.7 Å². The number of hydrogen-bond acceptors (Lipinski definition) is 5. The van der Waals surface area contributed by atoms with Gasteiger partial charge in [0.15, 0.2) is 0 Å². The van der Waals surface area contributed by atoms with Crippen molar-refractivity contribution >= 4 is 27.7 Å². The molecule has 0 radical (unpaired) electrons. The lowest BCUT2D eigenvalue weighted by molar-refractivity contribution is -0.127. The highest BCUT2D eigenvalue weighted by atomic mass is 32.2. The van der Waals surface area contributed by atoms with E-state index in [2.05, 4.69) is 4.98 Å². The average molecular weight is 380 g/mol. The molecule has 1 aromatic carbocycles. The zero-order valence-electron chi connectivity index (χ0n) is 14.4. The fraction of sp³-hybridized carbons (Fsp3) is 0.294. The molecule has 0 aliphatic rings. The maximum Gasteiger partial charge on any atom is 0.244 e. The third-order valence-electron chi connectivity index (χ3n) is 3.52. The molecule has 2 rings (SSSR count). The van der Waals surface area contributed by atoms with Crippen LogP contribution < -0.4 is 0 Å². The average Bonchev–Trinajstić information content (AvgIpc) is 2.60. The molecule has 2 aromatic rings. The number of rotatable bonds is 7. The van der Waals surface area contributed by atoms with E-state index in [1.807, 2.05) is 30.3 Å². The third kappa shape index (κ3) is 5.29. The number of amides is 1. The first kappa shape index (κ1) is 19.4. The summed E-state index contributed by atoms with van der Waals surface area (Å²) in [6.07, 6.45) is 1.32. The van der Waals surface area contributed by atoms with Crippen molar-refractivity contribution in [2.75, 3.05) is 26.9 Å². The summed E-state index contributed by atoms with van der Waals surface area (Å²) in [4.78, 5) is 18.1. The van der Waals surface area contributed by atoms with Gasteiger partial charge in [0.05, 0.1) is 10.8 Å². The van der Waals surface area contributed by atoms with Gasteiger partial charge in [-0.3, -0.25) is 4.79 Å². The Hall–Kier alpha value is -1.90. The van der Waals surface area contributed by atoms with Crippen molar-refractivity contribution in [2.45, 2.75) is 16.5 Å². The number of benzene rings is 1. The molecule has 134 valence electrons. The molecule has 0 unspecified atom stereocenters. The molecular weight excluding hydrogens is 358 g/mol. The first-order valence-corrected chi connectivity index (χ1v) is 10.0. The number of hydrogen-bond donors (Lipinski definition) is 0. The van der Waals surface area contributed by atoms with Crippen molar-refractivity contribution in [3.8, 4) is 0 Å². The summed E-state index contributed by atoms with van der Waals surface area (Å²) in [7, 11) is 1.22. The highest BCUT2D eigenvalue weighted by Gasteiger charge is 2.17. The summed E-state index contributed by atoms with van der Waals surface area (Å²) in [6, 6.07) is 12.9. The predicted molar refractivity (Wildman–Crippen MR) is 98.7 cm³/mol. The Morgan fingerprint density at radius 1 is 1.08 bits per heavy atom. The van der Waals surface area contributed by atoms with Crippen molar-refractivity contribution in [1.29, 1.82) is 0 Å². The second-order valence-corrected chi connectivity index (χ2v) is 8.79. The molecule has 0 saturated carbocycles. The highest BCUT2D eigenvalue weighted by molar-refractivity contribution is 7.99. The van der Waals surface area contributed by atoms with Crippen LogP contribution in [-0.2, 0) is 21.4 Å². The van der Waals surface area contributed by atoms with E-state index >= 15 is 0 Å². The van der Waals surface area contributed by atoms with Gasteiger partial charge >= 0.3 is 0 Å². The van der Waals surface area contributed by atoms with Crippen molar-refractivity contribution in [2.24, 2.45) is 0 Å². The fourth-order valence-electron chi connectivity index (χ4n) is 2.01. The second-order valence-electron chi connectivity index (χ2n) is 5.64. The Bertz CT molecular complexity index is 807. The van der Waals surface area contributed by atoms with Gasteiger partial charge in [-0.2, -0.15) is 0 Å². The largest absolute Gasteiger partial charge is 0.341 e. The summed E-state index contributed by atoms with van der Waals surface area (Å²) < 4.78 is 25.1. The normalized spacial score (nSPS) is 11.5. The molecule has 0 N–H and O–H groups in total. The van der Waals surface area contributed by atoms with Crippen LogP contribution in [0, 0.1) is 0 Å². The third-order valence-corrected chi connectivity index (χ3v) is 6.25. The minimum atomic E-state index is -3.49. The molecule has 1 heterocycles. The molecular formula is C17H21N3O3S2. The molecule has 8 heteroatoms. The van der Waals surface area contributed by atoms with Crippen molar-refractivity contribution in [3.05, 3.63) is 54.2 Å². The molecule has 0 aliphatic heterocycles. The summed E-state index contributed by atoms with van der Waals surface area (Å²) >= 11 is 1.28. The minimum absolute atomic E-state index is 0.0133. The standard InChI is InChI=1S/C17H21N3O3S2/c1-19(2)25(22,23)15-9-10-16(18-11-15)24-13-17(21)20(3)12-14-7-5-4-6-8-14/h4-11H,12-13H2,1-3H3. The topological polar surface area (TPSA) is 70.6 Å². The van der Waals surface area contributed by atoms with E-state index in [0.29, 0.717) is 11.6 Å². The monoisotopic (exact) mass is 379 g/mol. The van der Waals surface area contributed by atoms with Crippen LogP contribution in [0.5, 0.6) is 0 Å². The van der Waals surface area contributed by atoms with Gasteiger partial charge in [0.25, 0.3) is 0 Å². The first-order valence-electron chi connectivity index (χ1n) is 7.60. The number of nitrogens with zero attached hydrogens (tertiary/aromatic N) is 3. The maximum absolute atomic E-state index is 12.2. The molecule has 1 amide bonds. The van der Waals surface area contributed by atoms with E-state index in [9.17, 15) is 13.2 Å². The van der Waals surface area contributed by atoms with Crippen LogP contribution in [0.25, 0.3) is 0 Å².